The van der Waals surface area contributed by atoms with E-state index in [2.05, 4.69) is 77.4 Å². The van der Waals surface area contributed by atoms with Gasteiger partial charge in [-0.05, 0) is 293 Å². The molecule has 0 aliphatic heterocycles. The minimum atomic E-state index is -4.01. The van der Waals surface area contributed by atoms with Crippen LogP contribution in [0.3, 0.4) is 0 Å². The fraction of sp³-hybridized carbons (Fsp3) is 0.233. The number of primary amides is 2. The fourth-order valence-corrected chi connectivity index (χ4v) is 13.8. The Labute approximate surface area is 765 Å². The first-order valence-electron chi connectivity index (χ1n) is 33.0. The molecule has 47 heteroatoms. The minimum Gasteiger partial charge on any atom is -0.480 e. The average Bonchev–Trinajstić information content (AvgIpc) is 0.831. The minimum absolute atomic E-state index is 0. The molecule has 2 heterocycles. The van der Waals surface area contributed by atoms with Gasteiger partial charge in [-0.15, -0.1) is 24.8 Å². The van der Waals surface area contributed by atoms with E-state index < -0.39 is 105 Å². The van der Waals surface area contributed by atoms with Gasteiger partial charge in [0.1, 0.15) is 41.5 Å². The molecular formula is C73H91Cl3I4N12O24S4. The number of rotatable bonds is 28. The molecule has 6 aromatic carbocycles. The van der Waals surface area contributed by atoms with Crippen molar-refractivity contribution < 1.29 is 113 Å². The van der Waals surface area contributed by atoms with Crippen molar-refractivity contribution in [3.63, 3.8) is 0 Å². The molecule has 0 bridgehead atoms. The number of carboxylic acid groups (broad SMARTS) is 3. The second-order valence-electron chi connectivity index (χ2n) is 22.4. The first kappa shape index (κ1) is 118. The average molecular weight is 2260 g/mol. The number of pyridine rings is 2. The molecule has 0 aliphatic rings. The van der Waals surface area contributed by atoms with E-state index in [0.29, 0.717) is 41.7 Å². The summed E-state index contributed by atoms with van der Waals surface area (Å²) in [5, 5.41) is 25.7. The van der Waals surface area contributed by atoms with Gasteiger partial charge in [-0.3, -0.25) is 28.8 Å². The van der Waals surface area contributed by atoms with E-state index in [1.807, 2.05) is 78.9 Å². The van der Waals surface area contributed by atoms with Gasteiger partial charge in [0, 0.05) is 49.3 Å². The number of hydrogen-bond donors (Lipinski definition) is 13. The monoisotopic (exact) mass is 2260 g/mol. The third-order valence-electron chi connectivity index (χ3n) is 13.6. The summed E-state index contributed by atoms with van der Waals surface area (Å²) in [5.41, 5.74) is 40.8. The highest BCUT2D eigenvalue weighted by atomic mass is 127. The van der Waals surface area contributed by atoms with Gasteiger partial charge in [0.2, 0.25) is 41.9 Å². The number of halogens is 7. The van der Waals surface area contributed by atoms with E-state index in [1.165, 1.54) is 48.5 Å². The Morgan fingerprint density at radius 1 is 0.458 bits per heavy atom. The molecule has 8 rings (SSSR count). The van der Waals surface area contributed by atoms with Crippen LogP contribution in [0.25, 0.3) is 0 Å². The number of anilines is 2. The smallest absolute Gasteiger partial charge is 0.338 e. The molecule has 36 nitrogen and oxygen atoms in total. The third kappa shape index (κ3) is 47.3. The molecule has 0 spiro atoms. The Hall–Kier alpha value is -8.19. The molecule has 0 aliphatic carbocycles. The summed E-state index contributed by atoms with van der Waals surface area (Å²) in [5.74, 6) is -0.0177. The number of nitrogen functional groups attached to an aromatic ring is 2. The van der Waals surface area contributed by atoms with E-state index in [9.17, 15) is 72.0 Å². The number of aliphatic carboxylic acids is 3. The Balaban J connectivity index is -0.000000658. The predicted octanol–water partition coefficient (Wildman–Crippen LogP) is 5.53. The molecule has 4 atom stereocenters. The van der Waals surface area contributed by atoms with Gasteiger partial charge in [-0.25, -0.2) is 53.2 Å². The molecule has 2 aromatic heterocycles. The van der Waals surface area contributed by atoms with Crippen molar-refractivity contribution in [3.05, 3.63) is 230 Å². The molecule has 4 unspecified atom stereocenters. The van der Waals surface area contributed by atoms with Gasteiger partial charge in [-0.2, -0.15) is 14.2 Å². The largest absolute Gasteiger partial charge is 0.480 e. The first-order chi connectivity index (χ1) is 53.9. The van der Waals surface area contributed by atoms with Crippen LogP contribution in [0.1, 0.15) is 84.3 Å². The third-order valence-corrected chi connectivity index (χ3v) is 22.3. The van der Waals surface area contributed by atoms with Gasteiger partial charge in [0.15, 0.2) is 0 Å². The molecule has 0 saturated carbocycles. The number of carboxylic acids is 3. The van der Waals surface area contributed by atoms with Crippen LogP contribution in [-0.2, 0) is 94.9 Å². The van der Waals surface area contributed by atoms with Crippen molar-refractivity contribution in [3.8, 4) is 11.8 Å². The van der Waals surface area contributed by atoms with E-state index in [-0.39, 0.29) is 101 Å². The van der Waals surface area contributed by atoms with Crippen molar-refractivity contribution in [2.45, 2.75) is 97.6 Å². The van der Waals surface area contributed by atoms with Crippen LogP contribution in [-0.4, -0.2) is 175 Å². The second-order valence-corrected chi connectivity index (χ2v) is 35.1. The zero-order chi connectivity index (χ0) is 86.8. The normalized spacial score (nSPS) is 11.3. The van der Waals surface area contributed by atoms with Gasteiger partial charge in [-0.1, -0.05) is 37.6 Å². The Morgan fingerprint density at radius 2 is 0.808 bits per heavy atom. The number of carbonyl (C=O) groups is 8. The Morgan fingerprint density at radius 3 is 1.13 bits per heavy atom. The quantitative estimate of drug-likeness (QED) is 0.00942. The molecule has 120 heavy (non-hydrogen) atoms. The molecule has 24 N–H and O–H groups in total. The lowest BCUT2D eigenvalue weighted by Gasteiger charge is -2.15. The Kier molecular flexibility index (Phi) is 59.4. The summed E-state index contributed by atoms with van der Waals surface area (Å²) in [6.45, 7) is 5.66. The summed E-state index contributed by atoms with van der Waals surface area (Å²) >= 11 is 8.20. The molecule has 0 saturated heterocycles. The van der Waals surface area contributed by atoms with Gasteiger partial charge >= 0.3 is 35.8 Å². The predicted molar refractivity (Wildman–Crippen MR) is 489 cm³/mol. The van der Waals surface area contributed by atoms with Crippen molar-refractivity contribution in [2.24, 2.45) is 28.7 Å². The second kappa shape index (κ2) is 60.3. The van der Waals surface area contributed by atoms with E-state index in [0.717, 1.165) is 43.9 Å². The highest BCUT2D eigenvalue weighted by Gasteiger charge is 2.29. The van der Waals surface area contributed by atoms with Gasteiger partial charge < -0.3 is 80.6 Å². The lowest BCUT2D eigenvalue weighted by molar-refractivity contribution is -0.145. The summed E-state index contributed by atoms with van der Waals surface area (Å²) < 4.78 is 117. The summed E-state index contributed by atoms with van der Waals surface area (Å²) in [6, 6.07) is 44.6. The lowest BCUT2D eigenvalue weighted by atomic mass is 10.1. The van der Waals surface area contributed by atoms with Crippen LogP contribution in [0, 0.1) is 26.1 Å². The summed E-state index contributed by atoms with van der Waals surface area (Å²) in [4.78, 5) is 95.2. The SMILES string of the molecule is C.CCOC(=O)C(CN)NS(=O)(=O)c1ccc(I)cc1.CCOC(=O)c1ccc(C#Cc2cccc(N)n2)cc1.CCOC(=O)c1ccc(CCc2cccc(N)n2)cc1.Cl.Cl.NC(=O)CC(N)C(=O)O.NC(=O)CC(NS(=O)(=O)c1ccc(I)cc1)C(=O)O.NCC(NS(=O)(=O)c1ccc(I)cc1)C(=O)O.O.O.O=S(=O)(Cl)c1ccc(I)cc1. The highest BCUT2D eigenvalue weighted by molar-refractivity contribution is 14.1. The highest BCUT2D eigenvalue weighted by Crippen LogP contribution is 2.19. The number of sulfonamides is 3. The van der Waals surface area contributed by atoms with Crippen LogP contribution in [0.5, 0.6) is 0 Å². The number of nitrogens with one attached hydrogen (secondary N) is 3. The van der Waals surface area contributed by atoms with Crippen LogP contribution < -0.4 is 54.3 Å². The van der Waals surface area contributed by atoms with Crippen molar-refractivity contribution >= 4 is 224 Å². The summed E-state index contributed by atoms with van der Waals surface area (Å²) in [7, 11) is -10.1. The van der Waals surface area contributed by atoms with Crippen molar-refractivity contribution in [1.82, 2.24) is 24.1 Å². The topological polar surface area (TPSA) is 669 Å². The number of aromatic nitrogens is 2. The maximum absolute atomic E-state index is 12.0. The van der Waals surface area contributed by atoms with Crippen LogP contribution in [0.15, 0.2) is 202 Å². The van der Waals surface area contributed by atoms with Crippen molar-refractivity contribution in [2.75, 3.05) is 44.4 Å². The van der Waals surface area contributed by atoms with Crippen LogP contribution >= 0.6 is 126 Å². The van der Waals surface area contributed by atoms with Crippen LogP contribution in [0.4, 0.5) is 11.6 Å². The Bertz CT molecular complexity index is 5110. The molecule has 2 amide bonds. The van der Waals surface area contributed by atoms with E-state index in [4.69, 9.17) is 74.6 Å². The number of aryl methyl sites for hydroxylation is 2. The number of ether oxygens (including phenoxy) is 3. The molecule has 0 radical (unpaired) electrons. The summed E-state index contributed by atoms with van der Waals surface area (Å²) in [6.07, 6.45) is 0.762. The molecule has 0 fully saturated rings. The molecular weight excluding hydrogens is 2170 g/mol. The zero-order valence-electron chi connectivity index (χ0n) is 62.9. The maximum atomic E-state index is 12.0. The number of esters is 3. The molecule has 8 aromatic rings. The molecule has 660 valence electrons. The first-order valence-corrected chi connectivity index (χ1v) is 44.1. The van der Waals surface area contributed by atoms with E-state index in [1.54, 1.807) is 130 Å². The number of hydrogen-bond acceptors (Lipinski definition) is 26. The lowest BCUT2D eigenvalue weighted by Crippen LogP contribution is -2.46. The standard InChI is InChI=1S/C16H18N2O2.C16H14N2O2.C11H15IN2O4S.C10H11IN2O5S.C9H11IN2O4S.C6H4ClIO2S.C4H8N2O3.CH4.2ClH.2H2O/c2*1-2-20-16(19)13-9-6-12(7-10-13)8-11-14-4-3-5-15(17)18-14;1-2-18-11(15)10(7-13)14-19(16,17)9-5-3-8(12)4-6-9;11-6-1-3-7(4-2-6)19(17,18)13-8(10(15)16)5-9(12)14;10-6-1-3-7(4-2-6)17(15,16)12-8(5-11)9(13)14;7-11(9,10)6-3-1-5(8)2-4-6;5-2(4(8)9)1-3(6)7;;;;;/h3-7,9-10H,2,8,11H2,1H3,(H2,17,18);3-7,9-10H,2H2,1H3,(H2,17,18);3-6,10,14H,2,7,13H2,1H3;1-4,8,13H,5H2,(H2,12,14)(H,15,16);1-4,8,12H,5,11H2,(H,13,14);1-4H;2H,1,5H2,(H2,6,7)(H,8,9);1H4;2*1H;2*1H2. The number of carbonyl (C=O) groups excluding carboxylic acids is 5. The number of nitrogens with two attached hydrogens (primary N) is 7. The fourth-order valence-electron chi connectivity index (χ4n) is 8.02. The van der Waals surface area contributed by atoms with E-state index >= 15 is 0 Å². The van der Waals surface area contributed by atoms with Gasteiger partial charge in [0.25, 0.3) is 9.05 Å². The maximum Gasteiger partial charge on any atom is 0.338 e. The van der Waals surface area contributed by atoms with Gasteiger partial charge in [0.05, 0.1) is 63.4 Å². The number of nitrogens with zero attached hydrogens (tertiary/aromatic N) is 2. The van der Waals surface area contributed by atoms with Crippen LogP contribution in [0.2, 0.25) is 0 Å². The zero-order valence-corrected chi connectivity index (χ0v) is 77.2. The van der Waals surface area contributed by atoms with Crippen molar-refractivity contribution in [1.29, 1.82) is 0 Å². The number of benzene rings is 6. The number of amides is 2.